The molecule has 1 aliphatic carbocycles. The van der Waals surface area contributed by atoms with E-state index in [1.54, 1.807) is 7.11 Å². The van der Waals surface area contributed by atoms with Gasteiger partial charge in [0.05, 0.1) is 12.8 Å². The third kappa shape index (κ3) is 3.96. The Labute approximate surface area is 208 Å². The van der Waals surface area contributed by atoms with Gasteiger partial charge in [-0.1, -0.05) is 45.8 Å². The Balaban J connectivity index is 1.61. The minimum absolute atomic E-state index is 0.00163. The first kappa shape index (κ1) is 24.0. The van der Waals surface area contributed by atoms with Crippen LogP contribution in [0.2, 0.25) is 0 Å². The van der Waals surface area contributed by atoms with Crippen LogP contribution >= 0.6 is 0 Å². The summed E-state index contributed by atoms with van der Waals surface area (Å²) in [5, 5.41) is 14.3. The van der Waals surface area contributed by atoms with Crippen molar-refractivity contribution in [2.24, 2.45) is 5.16 Å². The van der Waals surface area contributed by atoms with Crippen LogP contribution in [-0.2, 0) is 23.7 Å². The SMILES string of the molecule is COc1c2c(cc3c1C(C/C(=N/O)c1cc(C(C)(C)C)cc4c1CCC4(C)C)N(C)CC3)OCO2. The number of nitrogens with zero attached hydrogens (tertiary/aromatic N) is 2. The number of likely N-dealkylation sites (N-methyl/N-ethyl adjacent to an activating group) is 1. The van der Waals surface area contributed by atoms with Gasteiger partial charge in [-0.05, 0) is 71.5 Å². The highest BCUT2D eigenvalue weighted by Gasteiger charge is 2.37. The lowest BCUT2D eigenvalue weighted by atomic mass is 9.78. The molecule has 0 bridgehead atoms. The van der Waals surface area contributed by atoms with Crippen LogP contribution in [0.3, 0.4) is 0 Å². The highest BCUT2D eigenvalue weighted by molar-refractivity contribution is 6.02. The molecule has 0 amide bonds. The average Bonchev–Trinajstić information content (AvgIpc) is 3.40. The third-order valence-electron chi connectivity index (χ3n) is 8.21. The first-order valence-corrected chi connectivity index (χ1v) is 12.6. The van der Waals surface area contributed by atoms with E-state index in [0.29, 0.717) is 12.2 Å². The van der Waals surface area contributed by atoms with E-state index in [1.807, 2.05) is 0 Å². The number of oxime groups is 1. The van der Waals surface area contributed by atoms with Crippen molar-refractivity contribution >= 4 is 5.71 Å². The van der Waals surface area contributed by atoms with Crippen molar-refractivity contribution in [1.82, 2.24) is 4.90 Å². The first-order valence-electron chi connectivity index (χ1n) is 12.6. The Morgan fingerprint density at radius 3 is 2.66 bits per heavy atom. The van der Waals surface area contributed by atoms with Crippen LogP contribution in [0.15, 0.2) is 23.4 Å². The number of hydrogen-bond acceptors (Lipinski definition) is 6. The molecule has 1 atom stereocenters. The molecule has 35 heavy (non-hydrogen) atoms. The van der Waals surface area contributed by atoms with E-state index in [9.17, 15) is 5.21 Å². The van der Waals surface area contributed by atoms with E-state index in [-0.39, 0.29) is 23.7 Å². The molecule has 0 radical (unpaired) electrons. The largest absolute Gasteiger partial charge is 0.492 e. The zero-order chi connectivity index (χ0) is 25.1. The highest BCUT2D eigenvalue weighted by atomic mass is 16.7. The molecule has 2 aromatic rings. The number of hydrogen-bond donors (Lipinski definition) is 1. The fourth-order valence-corrected chi connectivity index (χ4v) is 5.98. The molecule has 0 fully saturated rings. The van der Waals surface area contributed by atoms with Crippen molar-refractivity contribution < 1.29 is 19.4 Å². The maximum atomic E-state index is 10.4. The molecule has 6 heteroatoms. The Morgan fingerprint density at radius 1 is 1.20 bits per heavy atom. The maximum Gasteiger partial charge on any atom is 0.231 e. The standard InChI is InChI=1S/C29H38N2O4/c1-28(2,3)18-13-20(19-8-10-29(4,5)21(19)14-18)22(30-32)15-23-25-17(9-11-31(23)6)12-24-26(27(25)33-7)35-16-34-24/h12-14,23,32H,8-11,15-16H2,1-7H3/b30-22-. The fraction of sp³-hybridized carbons (Fsp3) is 0.552. The summed E-state index contributed by atoms with van der Waals surface area (Å²) in [4.78, 5) is 2.33. The lowest BCUT2D eigenvalue weighted by Gasteiger charge is -2.36. The van der Waals surface area contributed by atoms with Gasteiger partial charge in [0, 0.05) is 30.1 Å². The highest BCUT2D eigenvalue weighted by Crippen LogP contribution is 2.50. The van der Waals surface area contributed by atoms with Crippen LogP contribution < -0.4 is 14.2 Å². The van der Waals surface area contributed by atoms with Crippen molar-refractivity contribution in [2.75, 3.05) is 27.5 Å². The zero-order valence-corrected chi connectivity index (χ0v) is 22.1. The molecule has 0 aromatic heterocycles. The number of benzene rings is 2. The quantitative estimate of drug-likeness (QED) is 0.345. The Morgan fingerprint density at radius 2 is 1.97 bits per heavy atom. The van der Waals surface area contributed by atoms with Gasteiger partial charge in [-0.25, -0.2) is 0 Å². The van der Waals surface area contributed by atoms with E-state index in [0.717, 1.165) is 54.1 Å². The predicted octanol–water partition coefficient (Wildman–Crippen LogP) is 5.74. The van der Waals surface area contributed by atoms with Gasteiger partial charge in [-0.15, -0.1) is 0 Å². The number of fused-ring (bicyclic) bond motifs is 3. The average molecular weight is 479 g/mol. The maximum absolute atomic E-state index is 10.4. The molecule has 2 aromatic carbocycles. The van der Waals surface area contributed by atoms with Crippen molar-refractivity contribution in [3.8, 4) is 17.2 Å². The van der Waals surface area contributed by atoms with Crippen LogP contribution in [0.5, 0.6) is 17.2 Å². The van der Waals surface area contributed by atoms with E-state index in [1.165, 1.54) is 22.3 Å². The molecule has 5 rings (SSSR count). The summed E-state index contributed by atoms with van der Waals surface area (Å²) in [6.07, 6.45) is 3.59. The zero-order valence-electron chi connectivity index (χ0n) is 22.1. The number of methoxy groups -OCH3 is 1. The molecule has 0 saturated carbocycles. The van der Waals surface area contributed by atoms with Crippen LogP contribution in [0, 0.1) is 0 Å². The summed E-state index contributed by atoms with van der Waals surface area (Å²) < 4.78 is 17.3. The normalized spacial score (nSPS) is 21.1. The summed E-state index contributed by atoms with van der Waals surface area (Å²) in [6, 6.07) is 6.73. The van der Waals surface area contributed by atoms with Gasteiger partial charge in [0.25, 0.3) is 0 Å². The van der Waals surface area contributed by atoms with Crippen molar-refractivity contribution in [3.05, 3.63) is 51.6 Å². The topological polar surface area (TPSA) is 63.5 Å². The lowest BCUT2D eigenvalue weighted by Crippen LogP contribution is -2.34. The van der Waals surface area contributed by atoms with Gasteiger partial charge in [0.2, 0.25) is 12.5 Å². The van der Waals surface area contributed by atoms with Gasteiger partial charge in [0.15, 0.2) is 11.5 Å². The summed E-state index contributed by atoms with van der Waals surface area (Å²) >= 11 is 0. The molecule has 2 heterocycles. The fourth-order valence-electron chi connectivity index (χ4n) is 5.98. The predicted molar refractivity (Wildman–Crippen MR) is 138 cm³/mol. The molecule has 1 unspecified atom stereocenters. The van der Waals surface area contributed by atoms with Gasteiger partial charge in [-0.3, -0.25) is 4.90 Å². The van der Waals surface area contributed by atoms with Crippen LogP contribution in [0.25, 0.3) is 0 Å². The monoisotopic (exact) mass is 478 g/mol. The minimum Gasteiger partial charge on any atom is -0.492 e. The number of rotatable bonds is 4. The molecule has 188 valence electrons. The van der Waals surface area contributed by atoms with Crippen LogP contribution in [0.4, 0.5) is 0 Å². The van der Waals surface area contributed by atoms with E-state index in [2.05, 4.69) is 69.9 Å². The molecule has 2 aliphatic heterocycles. The summed E-state index contributed by atoms with van der Waals surface area (Å²) in [7, 11) is 3.82. The molecule has 6 nitrogen and oxygen atoms in total. The van der Waals surface area contributed by atoms with Gasteiger partial charge in [-0.2, -0.15) is 0 Å². The minimum atomic E-state index is -0.00236. The second kappa shape index (κ2) is 8.44. The van der Waals surface area contributed by atoms with Gasteiger partial charge >= 0.3 is 0 Å². The van der Waals surface area contributed by atoms with E-state index in [4.69, 9.17) is 14.2 Å². The van der Waals surface area contributed by atoms with Crippen molar-refractivity contribution in [3.63, 3.8) is 0 Å². The van der Waals surface area contributed by atoms with Crippen molar-refractivity contribution in [2.45, 2.75) is 77.2 Å². The Bertz CT molecular complexity index is 1190. The molecule has 0 saturated heterocycles. The Hall–Kier alpha value is -2.73. The summed E-state index contributed by atoms with van der Waals surface area (Å²) in [5.74, 6) is 2.16. The summed E-state index contributed by atoms with van der Waals surface area (Å²) in [5.41, 5.74) is 8.24. The lowest BCUT2D eigenvalue weighted by molar-refractivity contribution is 0.170. The number of ether oxygens (including phenoxy) is 3. The molecule has 0 spiro atoms. The van der Waals surface area contributed by atoms with Gasteiger partial charge < -0.3 is 19.4 Å². The van der Waals surface area contributed by atoms with E-state index < -0.39 is 0 Å². The smallest absolute Gasteiger partial charge is 0.231 e. The second-order valence-electron chi connectivity index (χ2n) is 11.9. The molecule has 1 N–H and O–H groups in total. The summed E-state index contributed by atoms with van der Waals surface area (Å²) in [6.45, 7) is 12.5. The molecule has 3 aliphatic rings. The first-order chi connectivity index (χ1) is 16.5. The van der Waals surface area contributed by atoms with Crippen LogP contribution in [-0.4, -0.2) is 43.3 Å². The molecular formula is C29H38N2O4. The van der Waals surface area contributed by atoms with Crippen LogP contribution in [0.1, 0.15) is 86.9 Å². The Kier molecular flexibility index (Phi) is 5.78. The van der Waals surface area contributed by atoms with E-state index >= 15 is 0 Å². The van der Waals surface area contributed by atoms with Crippen molar-refractivity contribution in [1.29, 1.82) is 0 Å². The molecular weight excluding hydrogens is 440 g/mol. The van der Waals surface area contributed by atoms with Gasteiger partial charge in [0.1, 0.15) is 0 Å². The third-order valence-corrected chi connectivity index (χ3v) is 8.21. The second-order valence-corrected chi connectivity index (χ2v) is 11.9.